The van der Waals surface area contributed by atoms with Crippen LogP contribution in [0.2, 0.25) is 0 Å². The Bertz CT molecular complexity index is 657. The largest absolute Gasteiger partial charge is 0.465 e. The normalized spacial score (nSPS) is 14.1. The molecule has 0 aliphatic heterocycles. The highest BCUT2D eigenvalue weighted by Gasteiger charge is 2.31. The molecule has 2 aromatic rings. The van der Waals surface area contributed by atoms with Gasteiger partial charge in [-0.05, 0) is 37.1 Å². The first kappa shape index (κ1) is 12.5. The lowest BCUT2D eigenvalue weighted by Crippen LogP contribution is -2.05. The van der Waals surface area contributed by atoms with Gasteiger partial charge in [0.25, 0.3) is 0 Å². The standard InChI is InChI=1S/C14H13N3O3/c1-20-14(19)10-4-6-11(7-5-10)17-13(9-2-3-9)12(8-18)15-16-17/h4-9H,2-3H2,1H3. The molecule has 1 aliphatic carbocycles. The van der Waals surface area contributed by atoms with Crippen molar-refractivity contribution < 1.29 is 14.3 Å². The van der Waals surface area contributed by atoms with Gasteiger partial charge < -0.3 is 4.74 Å². The Labute approximate surface area is 115 Å². The van der Waals surface area contributed by atoms with Gasteiger partial charge in [0.15, 0.2) is 6.29 Å². The van der Waals surface area contributed by atoms with Crippen LogP contribution in [-0.4, -0.2) is 34.4 Å². The van der Waals surface area contributed by atoms with Crippen LogP contribution in [0.5, 0.6) is 0 Å². The van der Waals surface area contributed by atoms with E-state index in [2.05, 4.69) is 15.0 Å². The second-order valence-electron chi connectivity index (χ2n) is 4.70. The highest BCUT2D eigenvalue weighted by molar-refractivity contribution is 5.89. The first-order valence-electron chi connectivity index (χ1n) is 6.34. The van der Waals surface area contributed by atoms with E-state index < -0.39 is 0 Å². The van der Waals surface area contributed by atoms with Gasteiger partial charge >= 0.3 is 5.97 Å². The Kier molecular flexibility index (Phi) is 3.06. The van der Waals surface area contributed by atoms with E-state index in [1.807, 2.05) is 0 Å². The zero-order valence-electron chi connectivity index (χ0n) is 10.9. The number of carbonyl (C=O) groups is 2. The number of rotatable bonds is 4. The van der Waals surface area contributed by atoms with Gasteiger partial charge in [-0.2, -0.15) is 0 Å². The molecule has 1 aromatic heterocycles. The third-order valence-corrected chi connectivity index (χ3v) is 3.34. The molecule has 0 radical (unpaired) electrons. The van der Waals surface area contributed by atoms with Crippen molar-refractivity contribution in [2.45, 2.75) is 18.8 Å². The lowest BCUT2D eigenvalue weighted by atomic mass is 10.2. The zero-order chi connectivity index (χ0) is 14.1. The molecule has 1 saturated carbocycles. The smallest absolute Gasteiger partial charge is 0.337 e. The number of ether oxygens (including phenoxy) is 1. The maximum absolute atomic E-state index is 11.4. The molecule has 0 saturated heterocycles. The molecule has 0 N–H and O–H groups in total. The van der Waals surface area contributed by atoms with Crippen LogP contribution in [0.1, 0.15) is 45.3 Å². The molecule has 0 bridgehead atoms. The van der Waals surface area contributed by atoms with Gasteiger partial charge in [-0.1, -0.05) is 5.21 Å². The number of aldehydes is 1. The van der Waals surface area contributed by atoms with Crippen molar-refractivity contribution >= 4 is 12.3 Å². The van der Waals surface area contributed by atoms with E-state index in [4.69, 9.17) is 0 Å². The maximum Gasteiger partial charge on any atom is 0.337 e. The Morgan fingerprint density at radius 2 is 2.05 bits per heavy atom. The quantitative estimate of drug-likeness (QED) is 0.625. The van der Waals surface area contributed by atoms with E-state index in [9.17, 15) is 9.59 Å². The number of aromatic nitrogens is 3. The lowest BCUT2D eigenvalue weighted by molar-refractivity contribution is 0.0600. The van der Waals surface area contributed by atoms with Crippen molar-refractivity contribution in [2.24, 2.45) is 0 Å². The van der Waals surface area contributed by atoms with E-state index in [1.54, 1.807) is 28.9 Å². The number of nitrogens with zero attached hydrogens (tertiary/aromatic N) is 3. The fourth-order valence-electron chi connectivity index (χ4n) is 2.17. The first-order chi connectivity index (χ1) is 9.74. The summed E-state index contributed by atoms with van der Waals surface area (Å²) in [7, 11) is 1.34. The van der Waals surface area contributed by atoms with Crippen molar-refractivity contribution in [3.05, 3.63) is 41.2 Å². The molecule has 0 unspecified atom stereocenters. The minimum Gasteiger partial charge on any atom is -0.465 e. The van der Waals surface area contributed by atoms with Gasteiger partial charge in [-0.15, -0.1) is 5.10 Å². The highest BCUT2D eigenvalue weighted by Crippen LogP contribution is 2.41. The summed E-state index contributed by atoms with van der Waals surface area (Å²) in [5.41, 5.74) is 2.50. The van der Waals surface area contributed by atoms with Crippen LogP contribution in [0.3, 0.4) is 0 Å². The summed E-state index contributed by atoms with van der Waals surface area (Å²) in [5.74, 6) is -0.0309. The Morgan fingerprint density at radius 1 is 1.35 bits per heavy atom. The van der Waals surface area contributed by atoms with Crippen LogP contribution in [0.15, 0.2) is 24.3 Å². The van der Waals surface area contributed by atoms with Crippen molar-refractivity contribution in [3.8, 4) is 5.69 Å². The van der Waals surface area contributed by atoms with Gasteiger partial charge in [0.1, 0.15) is 5.69 Å². The Balaban J connectivity index is 1.99. The maximum atomic E-state index is 11.4. The van der Waals surface area contributed by atoms with Crippen molar-refractivity contribution in [1.29, 1.82) is 0 Å². The van der Waals surface area contributed by atoms with Gasteiger partial charge in [-0.25, -0.2) is 9.48 Å². The molecular weight excluding hydrogens is 258 g/mol. The van der Waals surface area contributed by atoms with Crippen molar-refractivity contribution in [1.82, 2.24) is 15.0 Å². The monoisotopic (exact) mass is 271 g/mol. The Morgan fingerprint density at radius 3 is 2.60 bits per heavy atom. The van der Waals surface area contributed by atoms with E-state index in [-0.39, 0.29) is 5.97 Å². The van der Waals surface area contributed by atoms with E-state index >= 15 is 0 Å². The molecule has 1 heterocycles. The first-order valence-corrected chi connectivity index (χ1v) is 6.34. The summed E-state index contributed by atoms with van der Waals surface area (Å²) in [5, 5.41) is 7.93. The fourth-order valence-corrected chi connectivity index (χ4v) is 2.17. The van der Waals surface area contributed by atoms with Crippen molar-refractivity contribution in [2.75, 3.05) is 7.11 Å². The van der Waals surface area contributed by atoms with E-state index in [1.165, 1.54) is 7.11 Å². The number of hydrogen-bond acceptors (Lipinski definition) is 5. The zero-order valence-corrected chi connectivity index (χ0v) is 10.9. The van der Waals surface area contributed by atoms with Crippen LogP contribution < -0.4 is 0 Å². The van der Waals surface area contributed by atoms with Gasteiger partial charge in [0, 0.05) is 5.92 Å². The molecular formula is C14H13N3O3. The average molecular weight is 271 g/mol. The summed E-state index contributed by atoms with van der Waals surface area (Å²) in [6.45, 7) is 0. The number of methoxy groups -OCH3 is 1. The molecule has 0 spiro atoms. The minimum absolute atomic E-state index is 0.352. The van der Waals surface area contributed by atoms with E-state index in [0.29, 0.717) is 17.2 Å². The molecule has 3 rings (SSSR count). The fraction of sp³-hybridized carbons (Fsp3) is 0.286. The predicted molar refractivity (Wildman–Crippen MR) is 70.1 cm³/mol. The molecule has 0 atom stereocenters. The number of hydrogen-bond donors (Lipinski definition) is 0. The highest BCUT2D eigenvalue weighted by atomic mass is 16.5. The molecule has 6 nitrogen and oxygen atoms in total. The molecule has 102 valence electrons. The van der Waals surface area contributed by atoms with Crippen LogP contribution in [-0.2, 0) is 4.74 Å². The molecule has 6 heteroatoms. The van der Waals surface area contributed by atoms with Gasteiger partial charge in [0.2, 0.25) is 0 Å². The summed E-state index contributed by atoms with van der Waals surface area (Å²) in [6, 6.07) is 6.86. The van der Waals surface area contributed by atoms with Crippen LogP contribution in [0, 0.1) is 0 Å². The topological polar surface area (TPSA) is 74.1 Å². The minimum atomic E-state index is -0.383. The average Bonchev–Trinajstić information content (AvgIpc) is 3.25. The summed E-state index contributed by atoms with van der Waals surface area (Å²) >= 11 is 0. The van der Waals surface area contributed by atoms with Gasteiger partial charge in [-0.3, -0.25) is 4.79 Å². The number of carbonyl (C=O) groups excluding carboxylic acids is 2. The Hall–Kier alpha value is -2.50. The van der Waals surface area contributed by atoms with Gasteiger partial charge in [0.05, 0.1) is 24.1 Å². The molecule has 1 aromatic carbocycles. The van der Waals surface area contributed by atoms with E-state index in [0.717, 1.165) is 30.5 Å². The third-order valence-electron chi connectivity index (χ3n) is 3.34. The third kappa shape index (κ3) is 2.09. The number of esters is 1. The predicted octanol–water partition coefficient (Wildman–Crippen LogP) is 1.74. The molecule has 1 fully saturated rings. The summed E-state index contributed by atoms with van der Waals surface area (Å²) in [4.78, 5) is 22.4. The summed E-state index contributed by atoms with van der Waals surface area (Å²) in [6.07, 6.45) is 2.84. The number of benzene rings is 1. The SMILES string of the molecule is COC(=O)c1ccc(-n2nnc(C=O)c2C2CC2)cc1. The molecule has 1 aliphatic rings. The second kappa shape index (κ2) is 4.88. The van der Waals surface area contributed by atoms with Crippen molar-refractivity contribution in [3.63, 3.8) is 0 Å². The second-order valence-corrected chi connectivity index (χ2v) is 4.70. The molecule has 20 heavy (non-hydrogen) atoms. The van der Waals surface area contributed by atoms with Crippen LogP contribution in [0.25, 0.3) is 5.69 Å². The molecule has 0 amide bonds. The van der Waals surface area contributed by atoms with Crippen LogP contribution in [0.4, 0.5) is 0 Å². The van der Waals surface area contributed by atoms with Crippen LogP contribution >= 0.6 is 0 Å². The lowest BCUT2D eigenvalue weighted by Gasteiger charge is -2.06. The summed E-state index contributed by atoms with van der Waals surface area (Å²) < 4.78 is 6.32.